The predicted molar refractivity (Wildman–Crippen MR) is 172 cm³/mol. The third-order valence-corrected chi connectivity index (χ3v) is 17.6. The second-order valence-corrected chi connectivity index (χ2v) is 19.9. The van der Waals surface area contributed by atoms with Gasteiger partial charge in [-0.05, 0) is 44.8 Å². The Balaban J connectivity index is 1.49. The number of benzene rings is 1. The Bertz CT molecular complexity index is 739. The molecule has 0 saturated carbocycles. The smallest absolute Gasteiger partial charge is 0.170 e. The normalized spacial score (nSPS) is 20.6. The van der Waals surface area contributed by atoms with Gasteiger partial charge in [0.25, 0.3) is 0 Å². The molecular formula is C20H28Br2O4S8. The molecule has 0 aliphatic carbocycles. The molecule has 2 heterocycles. The highest BCUT2D eigenvalue weighted by molar-refractivity contribution is 9.11. The summed E-state index contributed by atoms with van der Waals surface area (Å²) >= 11 is 22.4. The molecule has 1 aromatic rings. The summed E-state index contributed by atoms with van der Waals surface area (Å²) in [6.07, 6.45) is -1.15. The molecule has 14 heteroatoms. The number of aliphatic hydroxyl groups excluding tert-OH is 2. The lowest BCUT2D eigenvalue weighted by Gasteiger charge is -2.26. The maximum Gasteiger partial charge on any atom is 0.170 e. The Morgan fingerprint density at radius 1 is 0.941 bits per heavy atom. The number of hydrogen-bond donors (Lipinski definition) is 2. The molecule has 0 amide bonds. The van der Waals surface area contributed by atoms with Crippen molar-refractivity contribution in [2.24, 2.45) is 0 Å². The molecule has 2 saturated heterocycles. The van der Waals surface area contributed by atoms with Crippen molar-refractivity contribution in [2.45, 2.75) is 33.7 Å². The van der Waals surface area contributed by atoms with Crippen LogP contribution < -0.4 is 9.47 Å². The summed E-state index contributed by atoms with van der Waals surface area (Å²) in [5.41, 5.74) is -0.378. The van der Waals surface area contributed by atoms with Gasteiger partial charge >= 0.3 is 0 Å². The molecule has 34 heavy (non-hydrogen) atoms. The molecule has 2 aliphatic rings. The summed E-state index contributed by atoms with van der Waals surface area (Å²) in [7, 11) is 0. The van der Waals surface area contributed by atoms with Crippen LogP contribution in [0, 0.1) is 0 Å². The van der Waals surface area contributed by atoms with E-state index in [1.165, 1.54) is 0 Å². The van der Waals surface area contributed by atoms with E-state index in [-0.39, 0.29) is 12.0 Å². The molecule has 2 N–H and O–H groups in total. The molecule has 2 fully saturated rings. The quantitative estimate of drug-likeness (QED) is 0.198. The Kier molecular flexibility index (Phi) is 15.7. The van der Waals surface area contributed by atoms with Crippen molar-refractivity contribution in [1.82, 2.24) is 0 Å². The van der Waals surface area contributed by atoms with E-state index in [0.29, 0.717) is 26.4 Å². The zero-order chi connectivity index (χ0) is 24.3. The van der Waals surface area contributed by atoms with Crippen LogP contribution in [0.2, 0.25) is 0 Å². The first-order valence-electron chi connectivity index (χ1n) is 10.4. The second kappa shape index (κ2) is 17.2. The van der Waals surface area contributed by atoms with Gasteiger partial charge in [-0.2, -0.15) is 11.8 Å². The van der Waals surface area contributed by atoms with Gasteiger partial charge in [-0.3, -0.25) is 0 Å². The van der Waals surface area contributed by atoms with Gasteiger partial charge < -0.3 is 19.7 Å². The highest BCUT2D eigenvalue weighted by Gasteiger charge is 2.24. The number of ether oxygens (including phenoxy) is 2. The summed E-state index contributed by atoms with van der Waals surface area (Å²) in [5.74, 6) is 3.84. The van der Waals surface area contributed by atoms with Crippen molar-refractivity contribution >= 4 is 126 Å². The van der Waals surface area contributed by atoms with Crippen LogP contribution in [0.1, 0.15) is 6.92 Å². The Labute approximate surface area is 253 Å². The van der Waals surface area contributed by atoms with Crippen molar-refractivity contribution < 1.29 is 19.7 Å². The van der Waals surface area contributed by atoms with Crippen LogP contribution in [0.3, 0.4) is 0 Å². The first-order valence-corrected chi connectivity index (χ1v) is 20.7. The van der Waals surface area contributed by atoms with E-state index < -0.39 is 12.2 Å². The average molecular weight is 749 g/mol. The lowest BCUT2D eigenvalue weighted by Crippen LogP contribution is -2.27. The lowest BCUT2D eigenvalue weighted by molar-refractivity contribution is 0.100. The van der Waals surface area contributed by atoms with Crippen LogP contribution in [-0.2, 0) is 0 Å². The van der Waals surface area contributed by atoms with Crippen LogP contribution in [0.15, 0.2) is 21.1 Å². The molecule has 0 aromatic heterocycles. The van der Waals surface area contributed by atoms with Crippen LogP contribution in [0.5, 0.6) is 11.5 Å². The molecule has 0 radical (unpaired) electrons. The first kappa shape index (κ1) is 31.0. The zero-order valence-corrected chi connectivity index (χ0v) is 28.1. The summed E-state index contributed by atoms with van der Waals surface area (Å²) < 4.78 is 14.8. The second-order valence-electron chi connectivity index (χ2n) is 7.18. The minimum Gasteiger partial charge on any atom is -0.490 e. The third-order valence-electron chi connectivity index (χ3n) is 4.36. The Morgan fingerprint density at radius 3 is 2.15 bits per heavy atom. The number of aliphatic hydroxyl groups is 2. The predicted octanol–water partition coefficient (Wildman–Crippen LogP) is 7.41. The average Bonchev–Trinajstić information content (AvgIpc) is 2.83. The number of thioether (sulfide) groups is 8. The molecule has 3 atom stereocenters. The van der Waals surface area contributed by atoms with Gasteiger partial charge in [0.15, 0.2) is 5.44 Å². The summed E-state index contributed by atoms with van der Waals surface area (Å²) in [5, 5.41) is 25.3. The van der Waals surface area contributed by atoms with E-state index >= 15 is 0 Å². The molecule has 1 aromatic carbocycles. The van der Waals surface area contributed by atoms with Gasteiger partial charge in [0.05, 0.1) is 30.3 Å². The monoisotopic (exact) mass is 746 g/mol. The van der Waals surface area contributed by atoms with E-state index in [2.05, 4.69) is 31.9 Å². The van der Waals surface area contributed by atoms with Crippen LogP contribution >= 0.6 is 126 Å². The Hall–Kier alpha value is 2.50. The standard InChI is InChI=1S/C20H28Br2O4S8/c1-12(23)20(30-7-19-33-10-29-11-34-19)26-17-3-16(14(21)2-15(17)22)25-4-13(24)5-27-6-18-31-8-28-9-32-18/h2-3,12-13,18-20,23-24H,4-11H2,1H3. The summed E-state index contributed by atoms with van der Waals surface area (Å²) in [4.78, 5) is 0. The first-order chi connectivity index (χ1) is 16.4. The molecule has 3 unspecified atom stereocenters. The Morgan fingerprint density at radius 2 is 1.53 bits per heavy atom. The minimum absolute atomic E-state index is 0.218. The highest BCUT2D eigenvalue weighted by Crippen LogP contribution is 2.41. The topological polar surface area (TPSA) is 58.9 Å². The van der Waals surface area contributed by atoms with Gasteiger partial charge in [0, 0.05) is 43.7 Å². The molecule has 0 spiro atoms. The van der Waals surface area contributed by atoms with Crippen molar-refractivity contribution in [2.75, 3.05) is 44.2 Å². The van der Waals surface area contributed by atoms with Gasteiger partial charge in [-0.1, -0.05) is 0 Å². The maximum absolute atomic E-state index is 10.4. The van der Waals surface area contributed by atoms with Gasteiger partial charge in [-0.25, -0.2) is 0 Å². The third kappa shape index (κ3) is 11.3. The number of hydrogen-bond acceptors (Lipinski definition) is 12. The number of halogens is 2. The van der Waals surface area contributed by atoms with Gasteiger partial charge in [0.1, 0.15) is 18.1 Å². The zero-order valence-electron chi connectivity index (χ0n) is 18.4. The van der Waals surface area contributed by atoms with E-state index in [0.717, 1.165) is 40.8 Å². The SMILES string of the molecule is CC(O)C(Oc1cc(OCC(O)CSCC2SCSCS2)c(Br)cc1Br)SCC1SCSCS1. The summed E-state index contributed by atoms with van der Waals surface area (Å²) in [6.45, 7) is 1.98. The van der Waals surface area contributed by atoms with Crippen molar-refractivity contribution in [3.05, 3.63) is 21.1 Å². The molecule has 194 valence electrons. The van der Waals surface area contributed by atoms with Gasteiger partial charge in [0.2, 0.25) is 0 Å². The molecule has 4 nitrogen and oxygen atoms in total. The van der Waals surface area contributed by atoms with E-state index in [4.69, 9.17) is 9.47 Å². The van der Waals surface area contributed by atoms with Crippen molar-refractivity contribution in [3.63, 3.8) is 0 Å². The highest BCUT2D eigenvalue weighted by atomic mass is 79.9. The van der Waals surface area contributed by atoms with Crippen molar-refractivity contribution in [1.29, 1.82) is 0 Å². The number of rotatable bonds is 13. The summed E-state index contributed by atoms with van der Waals surface area (Å²) in [6, 6.07) is 3.70. The minimum atomic E-state index is -0.615. The lowest BCUT2D eigenvalue weighted by atomic mass is 10.3. The maximum atomic E-state index is 10.4. The molecular weight excluding hydrogens is 721 g/mol. The fourth-order valence-electron chi connectivity index (χ4n) is 2.67. The fourth-order valence-corrected chi connectivity index (χ4v) is 16.5. The molecule has 2 aliphatic heterocycles. The van der Waals surface area contributed by atoms with E-state index in [9.17, 15) is 10.2 Å². The van der Waals surface area contributed by atoms with E-state index in [1.54, 1.807) is 30.4 Å². The van der Waals surface area contributed by atoms with Gasteiger partial charge in [-0.15, -0.1) is 82.3 Å². The molecule has 0 bridgehead atoms. The van der Waals surface area contributed by atoms with Crippen LogP contribution in [-0.4, -0.2) is 81.2 Å². The van der Waals surface area contributed by atoms with Crippen LogP contribution in [0.4, 0.5) is 0 Å². The largest absolute Gasteiger partial charge is 0.490 e. The van der Waals surface area contributed by atoms with Crippen LogP contribution in [0.25, 0.3) is 0 Å². The fraction of sp³-hybridized carbons (Fsp3) is 0.700. The van der Waals surface area contributed by atoms with E-state index in [1.807, 2.05) is 82.7 Å². The van der Waals surface area contributed by atoms with Crippen molar-refractivity contribution in [3.8, 4) is 11.5 Å². The molecule has 3 rings (SSSR count).